The first kappa shape index (κ1) is 62.8. The van der Waals surface area contributed by atoms with Gasteiger partial charge in [-0.15, -0.1) is 0 Å². The smallest absolute Gasteiger partial charge is 0.271 e. The van der Waals surface area contributed by atoms with Crippen molar-refractivity contribution >= 4 is 133 Å². The van der Waals surface area contributed by atoms with Crippen LogP contribution in [0.2, 0.25) is 0 Å². The first-order chi connectivity index (χ1) is 45.9. The van der Waals surface area contributed by atoms with Crippen molar-refractivity contribution < 1.29 is 38.4 Å². The van der Waals surface area contributed by atoms with E-state index in [0.717, 1.165) is 157 Å². The Bertz CT molecular complexity index is 4180. The maximum Gasteiger partial charge on any atom is 0.281 e. The molecule has 0 saturated carbocycles. The van der Waals surface area contributed by atoms with Crippen LogP contribution in [0.25, 0.3) is 86.2 Å². The zero-order valence-corrected chi connectivity index (χ0v) is 55.2. The molecule has 0 saturated heterocycles. The van der Waals surface area contributed by atoms with Gasteiger partial charge in [-0.2, -0.15) is 10.0 Å². The van der Waals surface area contributed by atoms with Crippen LogP contribution in [0, 0.1) is 0 Å². The number of unbranched alkanes of at least 4 members (excludes halogenated alkanes) is 20. The summed E-state index contributed by atoms with van der Waals surface area (Å²) in [7, 11) is 0. The molecule has 8 amide bonds. The minimum Gasteiger partial charge on any atom is -0.271 e. The number of amides is 8. The summed E-state index contributed by atoms with van der Waals surface area (Å²) >= 11 is 0. The van der Waals surface area contributed by atoms with Gasteiger partial charge in [0.15, 0.2) is 0 Å². The van der Waals surface area contributed by atoms with E-state index in [0.29, 0.717) is 64.6 Å². The van der Waals surface area contributed by atoms with Crippen molar-refractivity contribution in [1.29, 1.82) is 0 Å². The van der Waals surface area contributed by atoms with Crippen LogP contribution < -0.4 is 0 Å². The third-order valence-corrected chi connectivity index (χ3v) is 21.8. The fourth-order valence-corrected chi connectivity index (χ4v) is 17.0. The number of hydrogen-bond acceptors (Lipinski definition) is 8. The Hall–Kier alpha value is -8.64. The summed E-state index contributed by atoms with van der Waals surface area (Å²) in [6, 6.07) is 28.6. The molecule has 12 heteroatoms. The van der Waals surface area contributed by atoms with Crippen LogP contribution in [-0.2, 0) is 0 Å². The molecule has 0 bridgehead atoms. The van der Waals surface area contributed by atoms with Gasteiger partial charge in [0.05, 0.1) is 22.3 Å². The van der Waals surface area contributed by atoms with Gasteiger partial charge in [0.2, 0.25) is 0 Å². The summed E-state index contributed by atoms with van der Waals surface area (Å²) in [5.41, 5.74) is 2.55. The Labute approximate surface area is 550 Å². The number of hydrazine groups is 1. The fourth-order valence-electron chi connectivity index (χ4n) is 17.0. The number of benzene rings is 10. The molecule has 4 aliphatic heterocycles. The van der Waals surface area contributed by atoms with Crippen molar-refractivity contribution in [2.75, 3.05) is 0 Å². The van der Waals surface area contributed by atoms with Gasteiger partial charge in [0.1, 0.15) is 0 Å². The van der Waals surface area contributed by atoms with E-state index in [-0.39, 0.29) is 58.0 Å². The number of carbonyl (C=O) groups excluding carboxylic acids is 8. The maximum atomic E-state index is 15.3. The van der Waals surface area contributed by atoms with Gasteiger partial charge < -0.3 is 0 Å². The summed E-state index contributed by atoms with van der Waals surface area (Å²) < 4.78 is 0. The van der Waals surface area contributed by atoms with E-state index in [1.807, 2.05) is 72.8 Å². The van der Waals surface area contributed by atoms with Gasteiger partial charge in [0.25, 0.3) is 47.3 Å². The number of fused-ring (bicyclic) bond motifs is 4. The highest BCUT2D eigenvalue weighted by Crippen LogP contribution is 2.50. The molecule has 12 nitrogen and oxygen atoms in total. The third-order valence-electron chi connectivity index (χ3n) is 21.8. The molecule has 14 rings (SSSR count). The lowest BCUT2D eigenvalue weighted by Crippen LogP contribution is -2.58. The van der Waals surface area contributed by atoms with Crippen LogP contribution in [-0.4, -0.2) is 79.2 Å². The second kappa shape index (κ2) is 26.3. The molecule has 4 heterocycles. The monoisotopic (exact) mass is 1250 g/mol. The van der Waals surface area contributed by atoms with E-state index in [2.05, 4.69) is 27.7 Å². The normalized spacial score (nSPS) is 15.0. The highest BCUT2D eigenvalue weighted by Gasteiger charge is 2.47. The van der Waals surface area contributed by atoms with Gasteiger partial charge in [-0.25, -0.2) is 0 Å². The average Bonchev–Trinajstić information content (AvgIpc) is 0.694. The van der Waals surface area contributed by atoms with Crippen LogP contribution in [0.1, 0.15) is 290 Å². The van der Waals surface area contributed by atoms with E-state index < -0.39 is 23.6 Å². The first-order valence-corrected chi connectivity index (χ1v) is 35.9. The third kappa shape index (κ3) is 10.2. The molecule has 0 radical (unpaired) electrons. The lowest BCUT2D eigenvalue weighted by atomic mass is 9.81. The maximum absolute atomic E-state index is 15.3. The lowest BCUT2D eigenvalue weighted by molar-refractivity contribution is 0.00213. The Morgan fingerprint density at radius 1 is 0.213 bits per heavy atom. The van der Waals surface area contributed by atoms with Crippen LogP contribution >= 0.6 is 0 Å². The predicted octanol–water partition coefficient (Wildman–Crippen LogP) is 20.5. The molecule has 482 valence electrons. The first-order valence-electron chi connectivity index (χ1n) is 35.9. The predicted molar refractivity (Wildman–Crippen MR) is 377 cm³/mol. The van der Waals surface area contributed by atoms with Gasteiger partial charge in [0, 0.05) is 55.9 Å². The topological polar surface area (TPSA) is 150 Å². The SMILES string of the molecule is CCCCCCCCC(CCCCCCCC)N1C(=O)c2ccc3c4ccc5c6c(ccc(c7ccc(c2c37)C1=O)c64)C(=O)N(N1C(=O)c2ccc3c4ccc6c7c(ccc(c8ccc(c2c38)C1=O)c74)C(=O)N(C(CCCCCCCC)CCCCCCCC)C6=O)C5=O. The molecule has 0 fully saturated rings. The molecule has 10 aromatic carbocycles. The van der Waals surface area contributed by atoms with Crippen molar-refractivity contribution in [3.63, 3.8) is 0 Å². The van der Waals surface area contributed by atoms with Crippen LogP contribution in [0.15, 0.2) is 97.1 Å². The van der Waals surface area contributed by atoms with Crippen molar-refractivity contribution in [1.82, 2.24) is 19.8 Å². The highest BCUT2D eigenvalue weighted by molar-refractivity contribution is 6.44. The lowest BCUT2D eigenvalue weighted by Gasteiger charge is -2.37. The summed E-state index contributed by atoms with van der Waals surface area (Å²) in [6.45, 7) is 8.85. The molecule has 94 heavy (non-hydrogen) atoms. The van der Waals surface area contributed by atoms with E-state index in [9.17, 15) is 19.2 Å². The summed E-state index contributed by atoms with van der Waals surface area (Å²) in [6.07, 6.45) is 30.1. The Morgan fingerprint density at radius 2 is 0.383 bits per heavy atom. The fraction of sp³-hybridized carbons (Fsp3) is 0.415. The second-order valence-corrected chi connectivity index (χ2v) is 27.6. The number of rotatable bonds is 31. The molecule has 0 N–H and O–H groups in total. The van der Waals surface area contributed by atoms with E-state index in [1.54, 1.807) is 34.1 Å². The van der Waals surface area contributed by atoms with Crippen molar-refractivity contribution in [2.45, 2.75) is 220 Å². The second-order valence-electron chi connectivity index (χ2n) is 27.6. The number of carbonyl (C=O) groups is 8. The molecule has 10 aromatic rings. The Morgan fingerprint density at radius 3 is 0.574 bits per heavy atom. The van der Waals surface area contributed by atoms with Crippen molar-refractivity contribution in [3.8, 4) is 0 Å². The van der Waals surface area contributed by atoms with Gasteiger partial charge >= 0.3 is 0 Å². The van der Waals surface area contributed by atoms with Crippen molar-refractivity contribution in [3.05, 3.63) is 142 Å². The van der Waals surface area contributed by atoms with Gasteiger partial charge in [-0.05, 0) is 139 Å². The number of hydrogen-bond donors (Lipinski definition) is 0. The molecule has 0 aliphatic carbocycles. The molecule has 4 aliphatic rings. The molecule has 0 spiro atoms. The number of imide groups is 4. The minimum atomic E-state index is -0.826. The minimum absolute atomic E-state index is 0.145. The molecule has 0 unspecified atom stereocenters. The van der Waals surface area contributed by atoms with E-state index >= 15 is 19.2 Å². The summed E-state index contributed by atoms with van der Waals surface area (Å²) in [5.74, 6) is -4.37. The summed E-state index contributed by atoms with van der Waals surface area (Å²) in [5, 5.41) is 12.3. The van der Waals surface area contributed by atoms with Crippen LogP contribution in [0.5, 0.6) is 0 Å². The largest absolute Gasteiger partial charge is 0.281 e. The van der Waals surface area contributed by atoms with E-state index in [1.165, 1.54) is 77.0 Å². The average molecular weight is 1260 g/mol. The van der Waals surface area contributed by atoms with Crippen LogP contribution in [0.3, 0.4) is 0 Å². The quantitative estimate of drug-likeness (QED) is 0.0180. The van der Waals surface area contributed by atoms with Crippen molar-refractivity contribution in [2.24, 2.45) is 0 Å². The molecule has 0 atom stereocenters. The number of nitrogens with zero attached hydrogens (tertiary/aromatic N) is 4. The molecular formula is C82H86N4O8. The standard InChI is InChI=1S/C82H86N4O8/c1-5-9-13-17-21-25-29-49(30-26-22-18-14-10-6-2)83-75(87)59-41-33-51-55-37-45-63-73-64(46-38-56(69(55)73)52-34-42-60(76(83)88)71(59)67(51)52)80(92)85(79(63)91)86-81(93)65-47-39-57-53-35-43-61-72-62(44-36-54(68(53)72)58-40-48-66(82(86)94)74(65)70(57)58)78(90)84(77(61)89)50(31-27-23-19-15-11-7-3)32-28-24-20-16-12-8-4/h33-50H,5-32H2,1-4H3. The van der Waals surface area contributed by atoms with Gasteiger partial charge in [-0.1, -0.05) is 230 Å². The summed E-state index contributed by atoms with van der Waals surface area (Å²) in [4.78, 5) is 124. The molecule has 0 aromatic heterocycles. The van der Waals surface area contributed by atoms with E-state index in [4.69, 9.17) is 0 Å². The zero-order valence-electron chi connectivity index (χ0n) is 55.2. The Balaban J connectivity index is 0.775. The zero-order chi connectivity index (χ0) is 65.1. The Kier molecular flexibility index (Phi) is 17.6. The highest BCUT2D eigenvalue weighted by atomic mass is 16.2. The molecular weight excluding hydrogens is 1170 g/mol. The van der Waals surface area contributed by atoms with Crippen LogP contribution in [0.4, 0.5) is 0 Å². The van der Waals surface area contributed by atoms with Gasteiger partial charge in [-0.3, -0.25) is 48.2 Å².